The van der Waals surface area contributed by atoms with Gasteiger partial charge in [0.25, 0.3) is 5.91 Å². The molecule has 1 aliphatic heterocycles. The number of hydrogen-bond acceptors (Lipinski definition) is 4. The molecule has 0 radical (unpaired) electrons. The Morgan fingerprint density at radius 2 is 2.00 bits per heavy atom. The van der Waals surface area contributed by atoms with Crippen LogP contribution in [0.25, 0.3) is 0 Å². The van der Waals surface area contributed by atoms with E-state index in [9.17, 15) is 14.4 Å². The van der Waals surface area contributed by atoms with Crippen LogP contribution in [0.2, 0.25) is 0 Å². The first-order valence-electron chi connectivity index (χ1n) is 8.57. The van der Waals surface area contributed by atoms with E-state index in [0.29, 0.717) is 6.42 Å². The molecule has 0 aliphatic carbocycles. The molecule has 2 rings (SSSR count). The number of imide groups is 1. The predicted molar refractivity (Wildman–Crippen MR) is 103 cm³/mol. The summed E-state index contributed by atoms with van der Waals surface area (Å²) in [5.74, 6) is -0.388. The molecule has 8 heteroatoms. The lowest BCUT2D eigenvalue weighted by Crippen LogP contribution is -2.40. The first kappa shape index (κ1) is 21.9. The zero-order chi connectivity index (χ0) is 18.4. The fraction of sp³-hybridized carbons (Fsp3) is 0.500. The second-order valence-corrected chi connectivity index (χ2v) is 6.64. The van der Waals surface area contributed by atoms with Crippen molar-refractivity contribution < 1.29 is 14.4 Å². The number of rotatable bonds is 8. The number of urea groups is 1. The van der Waals surface area contributed by atoms with E-state index in [4.69, 9.17) is 0 Å². The van der Waals surface area contributed by atoms with E-state index in [0.717, 1.165) is 24.3 Å². The van der Waals surface area contributed by atoms with Crippen molar-refractivity contribution in [3.8, 4) is 0 Å². The van der Waals surface area contributed by atoms with E-state index in [1.165, 1.54) is 4.90 Å². The second kappa shape index (κ2) is 9.54. The predicted octanol–water partition coefficient (Wildman–Crippen LogP) is 2.27. The molecule has 1 aromatic carbocycles. The third-order valence-corrected chi connectivity index (χ3v) is 4.02. The quantitative estimate of drug-likeness (QED) is 0.601. The Morgan fingerprint density at radius 3 is 2.62 bits per heavy atom. The van der Waals surface area contributed by atoms with Gasteiger partial charge >= 0.3 is 6.03 Å². The zero-order valence-corrected chi connectivity index (χ0v) is 16.2. The van der Waals surface area contributed by atoms with Crippen molar-refractivity contribution in [1.29, 1.82) is 0 Å². The molecule has 144 valence electrons. The first-order valence-corrected chi connectivity index (χ1v) is 8.57. The Hall–Kier alpha value is -2.12. The molecule has 1 fully saturated rings. The van der Waals surface area contributed by atoms with Gasteiger partial charge in [-0.05, 0) is 44.5 Å². The van der Waals surface area contributed by atoms with Crippen LogP contribution in [0.3, 0.4) is 0 Å². The van der Waals surface area contributed by atoms with Gasteiger partial charge in [-0.15, -0.1) is 12.4 Å². The Kier molecular flexibility index (Phi) is 8.05. The summed E-state index contributed by atoms with van der Waals surface area (Å²) in [6, 6.07) is 7.27. The summed E-state index contributed by atoms with van der Waals surface area (Å²) in [5.41, 5.74) is 0.976. The van der Waals surface area contributed by atoms with Crippen LogP contribution in [0, 0.1) is 0 Å². The topological polar surface area (TPSA) is 90.5 Å². The van der Waals surface area contributed by atoms with Gasteiger partial charge in [0.05, 0.1) is 0 Å². The molecule has 0 aromatic heterocycles. The van der Waals surface area contributed by atoms with Gasteiger partial charge in [-0.25, -0.2) is 4.79 Å². The fourth-order valence-electron chi connectivity index (χ4n) is 2.67. The van der Waals surface area contributed by atoms with Crippen LogP contribution in [0.15, 0.2) is 24.3 Å². The van der Waals surface area contributed by atoms with E-state index < -0.39 is 11.6 Å². The number of nitrogens with zero attached hydrogens (tertiary/aromatic N) is 1. The van der Waals surface area contributed by atoms with Gasteiger partial charge in [-0.3, -0.25) is 14.5 Å². The van der Waals surface area contributed by atoms with Crippen LogP contribution in [0.5, 0.6) is 0 Å². The molecule has 0 saturated carbocycles. The normalized spacial score (nSPS) is 15.4. The molecule has 0 atom stereocenters. The summed E-state index contributed by atoms with van der Waals surface area (Å²) in [6.07, 6.45) is 0.674. The third-order valence-electron chi connectivity index (χ3n) is 4.02. The van der Waals surface area contributed by atoms with Crippen LogP contribution in [0.1, 0.15) is 39.2 Å². The summed E-state index contributed by atoms with van der Waals surface area (Å²) in [7, 11) is 0. The van der Waals surface area contributed by atoms with Gasteiger partial charge in [-0.2, -0.15) is 0 Å². The van der Waals surface area contributed by atoms with Crippen molar-refractivity contribution in [3.05, 3.63) is 29.8 Å². The van der Waals surface area contributed by atoms with E-state index in [-0.39, 0.29) is 37.2 Å². The van der Waals surface area contributed by atoms with Crippen LogP contribution in [0.4, 0.5) is 10.5 Å². The molecular weight excluding hydrogens is 356 g/mol. The highest BCUT2D eigenvalue weighted by molar-refractivity contribution is 6.06. The Balaban J connectivity index is 0.00000338. The highest BCUT2D eigenvalue weighted by Gasteiger charge is 2.43. The van der Waals surface area contributed by atoms with Crippen LogP contribution in [-0.4, -0.2) is 41.4 Å². The highest BCUT2D eigenvalue weighted by atomic mass is 35.5. The molecule has 4 amide bonds. The number of hydrogen-bond donors (Lipinski definition) is 3. The highest BCUT2D eigenvalue weighted by Crippen LogP contribution is 2.17. The Morgan fingerprint density at radius 1 is 1.27 bits per heavy atom. The van der Waals surface area contributed by atoms with Gasteiger partial charge in [-0.1, -0.05) is 19.1 Å². The smallest absolute Gasteiger partial charge is 0.325 e. The number of amides is 4. The lowest BCUT2D eigenvalue weighted by molar-refractivity contribution is -0.130. The summed E-state index contributed by atoms with van der Waals surface area (Å²) < 4.78 is 0. The van der Waals surface area contributed by atoms with Gasteiger partial charge in [0.1, 0.15) is 5.54 Å². The molecule has 1 aliphatic rings. The molecule has 1 heterocycles. The van der Waals surface area contributed by atoms with Crippen LogP contribution >= 0.6 is 12.4 Å². The minimum absolute atomic E-state index is 0. The number of carbonyl (C=O) groups is 3. The van der Waals surface area contributed by atoms with E-state index in [1.54, 1.807) is 13.8 Å². The minimum atomic E-state index is -0.869. The maximum Gasteiger partial charge on any atom is 0.325 e. The lowest BCUT2D eigenvalue weighted by Gasteiger charge is -2.15. The Labute approximate surface area is 160 Å². The minimum Gasteiger partial charge on any atom is -0.326 e. The maximum atomic E-state index is 12.1. The summed E-state index contributed by atoms with van der Waals surface area (Å²) in [4.78, 5) is 37.1. The van der Waals surface area contributed by atoms with Crippen molar-refractivity contribution >= 4 is 35.9 Å². The maximum absolute atomic E-state index is 12.1. The molecule has 3 N–H and O–H groups in total. The molecule has 0 unspecified atom stereocenters. The van der Waals surface area contributed by atoms with E-state index in [2.05, 4.69) is 16.0 Å². The van der Waals surface area contributed by atoms with Gasteiger partial charge in [0, 0.05) is 25.2 Å². The Bertz CT molecular complexity index is 664. The summed E-state index contributed by atoms with van der Waals surface area (Å²) in [5, 5.41) is 8.71. The number of anilines is 1. The van der Waals surface area contributed by atoms with Gasteiger partial charge in [0.2, 0.25) is 5.91 Å². The number of carbonyl (C=O) groups excluding carboxylic acids is 3. The zero-order valence-electron chi connectivity index (χ0n) is 15.4. The molecule has 26 heavy (non-hydrogen) atoms. The average Bonchev–Trinajstić information content (AvgIpc) is 2.74. The van der Waals surface area contributed by atoms with Crippen LogP contribution in [-0.2, 0) is 16.1 Å². The fourth-order valence-corrected chi connectivity index (χ4v) is 2.67. The van der Waals surface area contributed by atoms with Crippen molar-refractivity contribution in [2.24, 2.45) is 0 Å². The van der Waals surface area contributed by atoms with E-state index >= 15 is 0 Å². The second-order valence-electron chi connectivity index (χ2n) is 6.64. The molecule has 1 aromatic rings. The lowest BCUT2D eigenvalue weighted by atomic mass is 10.1. The van der Waals surface area contributed by atoms with Crippen molar-refractivity contribution in [2.75, 3.05) is 18.4 Å². The average molecular weight is 383 g/mol. The molecular formula is C18H27ClN4O3. The largest absolute Gasteiger partial charge is 0.326 e. The van der Waals surface area contributed by atoms with Crippen LogP contribution < -0.4 is 16.0 Å². The summed E-state index contributed by atoms with van der Waals surface area (Å²) in [6.45, 7) is 7.25. The van der Waals surface area contributed by atoms with Gasteiger partial charge < -0.3 is 16.0 Å². The third kappa shape index (κ3) is 5.71. The number of halogens is 1. The van der Waals surface area contributed by atoms with Crippen molar-refractivity contribution in [3.63, 3.8) is 0 Å². The monoisotopic (exact) mass is 382 g/mol. The number of benzene rings is 1. The molecule has 1 saturated heterocycles. The molecule has 0 bridgehead atoms. The number of nitrogens with one attached hydrogen (secondary N) is 3. The van der Waals surface area contributed by atoms with Crippen molar-refractivity contribution in [2.45, 2.75) is 45.7 Å². The van der Waals surface area contributed by atoms with Gasteiger partial charge in [0.15, 0.2) is 0 Å². The molecule has 0 spiro atoms. The van der Waals surface area contributed by atoms with E-state index in [1.807, 2.05) is 31.2 Å². The molecule has 7 nitrogen and oxygen atoms in total. The van der Waals surface area contributed by atoms with Crippen molar-refractivity contribution in [1.82, 2.24) is 15.5 Å². The standard InChI is InChI=1S/C18H26N4O3.ClH/c1-4-19-12-13-7-5-8-14(11-13)20-15(23)9-6-10-22-16(24)18(2,3)21-17(22)25;/h5,7-8,11,19H,4,6,9-10,12H2,1-3H3,(H,20,23)(H,21,25);1H. The first-order chi connectivity index (χ1) is 11.8. The summed E-state index contributed by atoms with van der Waals surface area (Å²) >= 11 is 0. The SMILES string of the molecule is CCNCc1cccc(NC(=O)CCCN2C(=O)NC(C)(C)C2=O)c1.Cl.